The van der Waals surface area contributed by atoms with Crippen LogP contribution in [0.2, 0.25) is 0 Å². The van der Waals surface area contributed by atoms with E-state index in [1.54, 1.807) is 19.2 Å². The molecule has 3 aromatic heterocycles. The Morgan fingerprint density at radius 1 is 1.16 bits per heavy atom. The van der Waals surface area contributed by atoms with Gasteiger partial charge in [-0.2, -0.15) is 0 Å². The Balaban J connectivity index is 1.63. The van der Waals surface area contributed by atoms with Crippen LogP contribution in [0.15, 0.2) is 35.7 Å². The SMILES string of the molecule is CCS(=O)(=O)c1ccc(Nc2ncc(F)c(-c3cnc(C)n3C3CCOCC3)n2)cn1. The predicted molar refractivity (Wildman–Crippen MR) is 112 cm³/mol. The molecule has 9 nitrogen and oxygen atoms in total. The fourth-order valence-corrected chi connectivity index (χ4v) is 4.34. The number of aryl methyl sites for hydroxylation is 1. The third kappa shape index (κ3) is 4.42. The summed E-state index contributed by atoms with van der Waals surface area (Å²) in [4.78, 5) is 16.7. The number of hydrogen-bond acceptors (Lipinski definition) is 8. The van der Waals surface area contributed by atoms with Gasteiger partial charge in [-0.1, -0.05) is 6.92 Å². The first-order chi connectivity index (χ1) is 14.9. The number of ether oxygens (including phenoxy) is 1. The zero-order valence-electron chi connectivity index (χ0n) is 17.2. The molecular formula is C20H23FN6O3S. The molecule has 3 aromatic rings. The first-order valence-electron chi connectivity index (χ1n) is 9.99. The second kappa shape index (κ2) is 8.67. The molecule has 1 saturated heterocycles. The molecule has 0 saturated carbocycles. The van der Waals surface area contributed by atoms with Gasteiger partial charge in [0.15, 0.2) is 20.7 Å². The maximum Gasteiger partial charge on any atom is 0.228 e. The smallest absolute Gasteiger partial charge is 0.228 e. The van der Waals surface area contributed by atoms with Crippen LogP contribution in [-0.4, -0.2) is 51.9 Å². The van der Waals surface area contributed by atoms with Crippen molar-refractivity contribution in [3.8, 4) is 11.4 Å². The number of pyridine rings is 1. The van der Waals surface area contributed by atoms with E-state index in [0.29, 0.717) is 24.6 Å². The number of nitrogens with one attached hydrogen (secondary N) is 1. The monoisotopic (exact) mass is 446 g/mol. The lowest BCUT2D eigenvalue weighted by Gasteiger charge is -2.26. The molecule has 11 heteroatoms. The molecule has 164 valence electrons. The molecule has 0 aromatic carbocycles. The maximum atomic E-state index is 14.7. The van der Waals surface area contributed by atoms with E-state index in [4.69, 9.17) is 4.74 Å². The summed E-state index contributed by atoms with van der Waals surface area (Å²) in [5.74, 6) is 0.367. The third-order valence-electron chi connectivity index (χ3n) is 5.22. The van der Waals surface area contributed by atoms with Crippen LogP contribution in [0.25, 0.3) is 11.4 Å². The minimum Gasteiger partial charge on any atom is -0.381 e. The van der Waals surface area contributed by atoms with Crippen LogP contribution in [0.1, 0.15) is 31.6 Å². The molecule has 1 fully saturated rings. The predicted octanol–water partition coefficient (Wildman–Crippen LogP) is 3.07. The molecule has 31 heavy (non-hydrogen) atoms. The van der Waals surface area contributed by atoms with E-state index in [-0.39, 0.29) is 28.5 Å². The lowest BCUT2D eigenvalue weighted by atomic mass is 10.1. The van der Waals surface area contributed by atoms with E-state index < -0.39 is 15.7 Å². The summed E-state index contributed by atoms with van der Waals surface area (Å²) in [6.07, 6.45) is 5.74. The van der Waals surface area contributed by atoms with Crippen LogP contribution in [0, 0.1) is 12.7 Å². The zero-order valence-corrected chi connectivity index (χ0v) is 18.1. The molecule has 1 aliphatic heterocycles. The largest absolute Gasteiger partial charge is 0.381 e. The Morgan fingerprint density at radius 3 is 2.61 bits per heavy atom. The average Bonchev–Trinajstić information content (AvgIpc) is 3.17. The number of sulfone groups is 1. The Morgan fingerprint density at radius 2 is 1.94 bits per heavy atom. The quantitative estimate of drug-likeness (QED) is 0.615. The van der Waals surface area contributed by atoms with E-state index in [1.165, 1.54) is 12.3 Å². The summed E-state index contributed by atoms with van der Waals surface area (Å²) in [5.41, 5.74) is 1.21. The van der Waals surface area contributed by atoms with E-state index in [2.05, 4.69) is 25.3 Å². The molecule has 0 amide bonds. The van der Waals surface area contributed by atoms with Crippen LogP contribution in [0.4, 0.5) is 16.0 Å². The number of halogens is 1. The van der Waals surface area contributed by atoms with Gasteiger partial charge in [0.1, 0.15) is 11.5 Å². The molecule has 4 heterocycles. The van der Waals surface area contributed by atoms with Crippen molar-refractivity contribution in [1.29, 1.82) is 0 Å². The number of aromatic nitrogens is 5. The van der Waals surface area contributed by atoms with Gasteiger partial charge in [0.2, 0.25) is 5.95 Å². The molecule has 1 aliphatic rings. The van der Waals surface area contributed by atoms with Crippen LogP contribution < -0.4 is 5.32 Å². The normalized spacial score (nSPS) is 15.2. The highest BCUT2D eigenvalue weighted by atomic mass is 32.2. The molecule has 0 unspecified atom stereocenters. The third-order valence-corrected chi connectivity index (χ3v) is 6.85. The van der Waals surface area contributed by atoms with E-state index in [0.717, 1.165) is 24.9 Å². The topological polar surface area (TPSA) is 112 Å². The standard InChI is InChI=1S/C20H23FN6O3S/c1-3-31(28,29)18-5-4-14(10-23-18)25-20-24-11-16(21)19(26-20)17-12-22-13(2)27(17)15-6-8-30-9-7-15/h4-5,10-12,15H,3,6-9H2,1-2H3,(H,24,25,26). The van der Waals surface area contributed by atoms with Crippen molar-refractivity contribution in [2.75, 3.05) is 24.3 Å². The minimum absolute atomic E-state index is 0.00268. The van der Waals surface area contributed by atoms with Gasteiger partial charge in [-0.25, -0.2) is 32.7 Å². The maximum absolute atomic E-state index is 14.7. The van der Waals surface area contributed by atoms with Crippen molar-refractivity contribution in [2.24, 2.45) is 0 Å². The van der Waals surface area contributed by atoms with Crippen molar-refractivity contribution < 1.29 is 17.5 Å². The summed E-state index contributed by atoms with van der Waals surface area (Å²) < 4.78 is 45.9. The van der Waals surface area contributed by atoms with Crippen molar-refractivity contribution in [1.82, 2.24) is 24.5 Å². The molecule has 0 aliphatic carbocycles. The molecule has 0 radical (unpaired) electrons. The summed E-state index contributed by atoms with van der Waals surface area (Å²) in [6.45, 7) is 4.74. The van der Waals surface area contributed by atoms with Gasteiger partial charge < -0.3 is 14.6 Å². The van der Waals surface area contributed by atoms with Gasteiger partial charge in [0.25, 0.3) is 0 Å². The number of imidazole rings is 1. The van der Waals surface area contributed by atoms with Gasteiger partial charge in [0, 0.05) is 19.3 Å². The van der Waals surface area contributed by atoms with Gasteiger partial charge in [-0.3, -0.25) is 0 Å². The van der Waals surface area contributed by atoms with E-state index in [1.807, 2.05) is 11.5 Å². The van der Waals surface area contributed by atoms with Crippen LogP contribution >= 0.6 is 0 Å². The Hall–Kier alpha value is -2.92. The number of rotatable bonds is 6. The highest BCUT2D eigenvalue weighted by molar-refractivity contribution is 7.91. The van der Waals surface area contributed by atoms with Gasteiger partial charge in [0.05, 0.1) is 35.7 Å². The van der Waals surface area contributed by atoms with Crippen molar-refractivity contribution >= 4 is 21.5 Å². The second-order valence-electron chi connectivity index (χ2n) is 7.21. The average molecular weight is 447 g/mol. The van der Waals surface area contributed by atoms with Gasteiger partial charge in [-0.15, -0.1) is 0 Å². The number of hydrogen-bond donors (Lipinski definition) is 1. The molecule has 0 spiro atoms. The fraction of sp³-hybridized carbons (Fsp3) is 0.400. The Kier molecular flexibility index (Phi) is 5.96. The van der Waals surface area contributed by atoms with E-state index >= 15 is 0 Å². The first-order valence-corrected chi connectivity index (χ1v) is 11.6. The summed E-state index contributed by atoms with van der Waals surface area (Å²) in [7, 11) is -3.39. The van der Waals surface area contributed by atoms with Gasteiger partial charge in [-0.05, 0) is 31.9 Å². The van der Waals surface area contributed by atoms with E-state index in [9.17, 15) is 12.8 Å². The number of nitrogens with zero attached hydrogens (tertiary/aromatic N) is 5. The summed E-state index contributed by atoms with van der Waals surface area (Å²) >= 11 is 0. The van der Waals surface area contributed by atoms with Crippen molar-refractivity contribution in [3.63, 3.8) is 0 Å². The highest BCUT2D eigenvalue weighted by Crippen LogP contribution is 2.31. The summed E-state index contributed by atoms with van der Waals surface area (Å²) in [5, 5.41) is 2.95. The molecule has 0 bridgehead atoms. The molecular weight excluding hydrogens is 423 g/mol. The first kappa shape index (κ1) is 21.3. The van der Waals surface area contributed by atoms with Crippen LogP contribution in [0.3, 0.4) is 0 Å². The molecule has 1 N–H and O–H groups in total. The molecule has 0 atom stereocenters. The lowest BCUT2D eigenvalue weighted by Crippen LogP contribution is -2.21. The lowest BCUT2D eigenvalue weighted by molar-refractivity contribution is 0.0694. The Bertz CT molecular complexity index is 1170. The van der Waals surface area contributed by atoms with Gasteiger partial charge >= 0.3 is 0 Å². The van der Waals surface area contributed by atoms with Crippen LogP contribution in [-0.2, 0) is 14.6 Å². The summed E-state index contributed by atoms with van der Waals surface area (Å²) in [6, 6.07) is 3.14. The van der Waals surface area contributed by atoms with Crippen molar-refractivity contribution in [3.05, 3.63) is 42.4 Å². The Labute approximate surface area is 179 Å². The van der Waals surface area contributed by atoms with Crippen molar-refractivity contribution in [2.45, 2.75) is 37.8 Å². The van der Waals surface area contributed by atoms with Crippen LogP contribution in [0.5, 0.6) is 0 Å². The zero-order chi connectivity index (χ0) is 22.0. The fourth-order valence-electron chi connectivity index (χ4n) is 3.55. The highest BCUT2D eigenvalue weighted by Gasteiger charge is 2.23. The minimum atomic E-state index is -3.39. The molecule has 4 rings (SSSR count). The number of anilines is 2. The second-order valence-corrected chi connectivity index (χ2v) is 9.43.